The lowest BCUT2D eigenvalue weighted by atomic mass is 9.96. The lowest BCUT2D eigenvalue weighted by molar-refractivity contribution is 0.551. The van der Waals surface area contributed by atoms with E-state index in [0.29, 0.717) is 0 Å². The van der Waals surface area contributed by atoms with E-state index in [-0.39, 0.29) is 6.04 Å². The van der Waals surface area contributed by atoms with Crippen molar-refractivity contribution in [1.82, 2.24) is 5.43 Å². The van der Waals surface area contributed by atoms with E-state index in [2.05, 4.69) is 70.5 Å². The van der Waals surface area contributed by atoms with Crippen LogP contribution in [0.3, 0.4) is 0 Å². The smallest absolute Gasteiger partial charge is 0.0500 e. The molecule has 0 radical (unpaired) electrons. The molecule has 0 fully saturated rings. The highest BCUT2D eigenvalue weighted by atomic mass is 127. The summed E-state index contributed by atoms with van der Waals surface area (Å²) >= 11 is 2.33. The zero-order chi connectivity index (χ0) is 13.9. The molecule has 3 heteroatoms. The molecule has 0 heterocycles. The molecular weight excluding hydrogens is 359 g/mol. The number of hydrazine groups is 1. The van der Waals surface area contributed by atoms with Gasteiger partial charge in [-0.3, -0.25) is 11.3 Å². The molecule has 1 atom stereocenters. The lowest BCUT2D eigenvalue weighted by Gasteiger charge is -2.17. The third-order valence-corrected chi connectivity index (χ3v) is 4.80. The van der Waals surface area contributed by atoms with E-state index in [9.17, 15) is 0 Å². The third-order valence-electron chi connectivity index (χ3n) is 4.08. The number of aryl methyl sites for hydroxylation is 2. The van der Waals surface area contributed by atoms with Gasteiger partial charge >= 0.3 is 0 Å². The number of hydrogen-bond donors (Lipinski definition) is 2. The van der Waals surface area contributed by atoms with Crippen LogP contribution in [0.15, 0.2) is 42.5 Å². The van der Waals surface area contributed by atoms with Gasteiger partial charge in [0.2, 0.25) is 0 Å². The van der Waals surface area contributed by atoms with Gasteiger partial charge in [-0.15, -0.1) is 0 Å². The van der Waals surface area contributed by atoms with Crippen LogP contribution < -0.4 is 11.3 Å². The fourth-order valence-corrected chi connectivity index (χ4v) is 3.30. The number of benzene rings is 2. The van der Waals surface area contributed by atoms with Crippen LogP contribution in [0.25, 0.3) is 0 Å². The second kappa shape index (κ2) is 6.24. The van der Waals surface area contributed by atoms with Crippen molar-refractivity contribution in [2.24, 2.45) is 5.84 Å². The molecule has 104 valence electrons. The SMILES string of the molecule is NNC(Cc1ccc(I)cc1)c1ccc2c(c1)CCC2. The molecule has 0 spiro atoms. The maximum Gasteiger partial charge on any atom is 0.0500 e. The Morgan fingerprint density at radius 3 is 2.55 bits per heavy atom. The van der Waals surface area contributed by atoms with Crippen LogP contribution in [-0.2, 0) is 19.3 Å². The highest BCUT2D eigenvalue weighted by Crippen LogP contribution is 2.26. The topological polar surface area (TPSA) is 38.0 Å². The Hall–Kier alpha value is -0.910. The number of rotatable bonds is 4. The molecule has 1 aliphatic rings. The molecule has 1 aliphatic carbocycles. The molecule has 0 saturated heterocycles. The largest absolute Gasteiger partial charge is 0.271 e. The maximum atomic E-state index is 5.78. The van der Waals surface area contributed by atoms with Gasteiger partial charge in [-0.05, 0) is 82.7 Å². The Labute approximate surface area is 133 Å². The fourth-order valence-electron chi connectivity index (χ4n) is 2.94. The fraction of sp³-hybridized carbons (Fsp3) is 0.294. The van der Waals surface area contributed by atoms with Gasteiger partial charge < -0.3 is 0 Å². The average molecular weight is 378 g/mol. The second-order valence-corrected chi connectivity index (χ2v) is 6.68. The Balaban J connectivity index is 1.81. The first-order valence-corrected chi connectivity index (χ1v) is 8.16. The summed E-state index contributed by atoms with van der Waals surface area (Å²) in [5.41, 5.74) is 8.60. The summed E-state index contributed by atoms with van der Waals surface area (Å²) in [6.45, 7) is 0. The van der Waals surface area contributed by atoms with Crippen LogP contribution >= 0.6 is 22.6 Å². The first-order chi connectivity index (χ1) is 9.76. The number of hydrogen-bond acceptors (Lipinski definition) is 2. The first-order valence-electron chi connectivity index (χ1n) is 7.08. The Bertz CT molecular complexity index is 592. The number of halogens is 1. The average Bonchev–Trinajstić information content (AvgIpc) is 2.94. The van der Waals surface area contributed by atoms with Crippen molar-refractivity contribution in [3.8, 4) is 0 Å². The van der Waals surface area contributed by atoms with Crippen molar-refractivity contribution in [3.63, 3.8) is 0 Å². The summed E-state index contributed by atoms with van der Waals surface area (Å²) in [6, 6.07) is 15.7. The Kier molecular flexibility index (Phi) is 4.38. The molecule has 0 amide bonds. The van der Waals surface area contributed by atoms with Gasteiger partial charge in [0.25, 0.3) is 0 Å². The highest BCUT2D eigenvalue weighted by molar-refractivity contribution is 14.1. The molecule has 2 nitrogen and oxygen atoms in total. The van der Waals surface area contributed by atoms with Crippen LogP contribution in [0.5, 0.6) is 0 Å². The van der Waals surface area contributed by atoms with Gasteiger partial charge in [0.05, 0.1) is 0 Å². The molecule has 20 heavy (non-hydrogen) atoms. The second-order valence-electron chi connectivity index (χ2n) is 5.43. The van der Waals surface area contributed by atoms with E-state index in [1.165, 1.54) is 45.1 Å². The van der Waals surface area contributed by atoms with Crippen molar-refractivity contribution in [1.29, 1.82) is 0 Å². The quantitative estimate of drug-likeness (QED) is 0.485. The van der Waals surface area contributed by atoms with E-state index in [0.717, 1.165) is 6.42 Å². The van der Waals surface area contributed by atoms with E-state index < -0.39 is 0 Å². The van der Waals surface area contributed by atoms with E-state index >= 15 is 0 Å². The lowest BCUT2D eigenvalue weighted by Crippen LogP contribution is -2.29. The standard InChI is InChI=1S/C17H19IN2/c18-16-8-4-12(5-9-16)10-17(20-19)15-7-6-13-2-1-3-14(13)11-15/h4-9,11,17,20H,1-3,10,19H2. The summed E-state index contributed by atoms with van der Waals surface area (Å²) < 4.78 is 1.26. The van der Waals surface area contributed by atoms with Gasteiger partial charge in [-0.2, -0.15) is 0 Å². The first kappa shape index (κ1) is 14.0. The van der Waals surface area contributed by atoms with Gasteiger partial charge in [-0.25, -0.2) is 0 Å². The van der Waals surface area contributed by atoms with Crippen molar-refractivity contribution in [2.45, 2.75) is 31.7 Å². The number of nitrogens with one attached hydrogen (secondary N) is 1. The molecule has 3 N–H and O–H groups in total. The Morgan fingerprint density at radius 2 is 1.80 bits per heavy atom. The number of nitrogens with two attached hydrogens (primary N) is 1. The molecule has 0 saturated carbocycles. The van der Waals surface area contributed by atoms with Crippen molar-refractivity contribution in [2.75, 3.05) is 0 Å². The molecular formula is C17H19IN2. The molecule has 0 aliphatic heterocycles. The summed E-state index contributed by atoms with van der Waals surface area (Å²) in [5.74, 6) is 5.78. The zero-order valence-electron chi connectivity index (χ0n) is 11.4. The van der Waals surface area contributed by atoms with Gasteiger partial charge in [0, 0.05) is 9.61 Å². The van der Waals surface area contributed by atoms with Gasteiger partial charge in [0.15, 0.2) is 0 Å². The predicted molar refractivity (Wildman–Crippen MR) is 91.4 cm³/mol. The van der Waals surface area contributed by atoms with Crippen LogP contribution in [-0.4, -0.2) is 0 Å². The van der Waals surface area contributed by atoms with Crippen LogP contribution in [0.1, 0.15) is 34.7 Å². The molecule has 2 aromatic rings. The molecule has 3 rings (SSSR count). The van der Waals surface area contributed by atoms with Crippen molar-refractivity contribution in [3.05, 3.63) is 68.3 Å². The normalized spacial score (nSPS) is 15.1. The van der Waals surface area contributed by atoms with E-state index in [1.807, 2.05) is 0 Å². The summed E-state index contributed by atoms with van der Waals surface area (Å²) in [6.07, 6.45) is 4.65. The van der Waals surface area contributed by atoms with Crippen LogP contribution in [0.4, 0.5) is 0 Å². The zero-order valence-corrected chi connectivity index (χ0v) is 13.6. The van der Waals surface area contributed by atoms with Crippen molar-refractivity contribution >= 4 is 22.6 Å². The van der Waals surface area contributed by atoms with E-state index in [4.69, 9.17) is 5.84 Å². The maximum absolute atomic E-state index is 5.78. The predicted octanol–water partition coefficient (Wildman–Crippen LogP) is 3.53. The molecule has 1 unspecified atom stereocenters. The van der Waals surface area contributed by atoms with Gasteiger partial charge in [-0.1, -0.05) is 30.3 Å². The van der Waals surface area contributed by atoms with E-state index in [1.54, 1.807) is 0 Å². The third kappa shape index (κ3) is 3.05. The highest BCUT2D eigenvalue weighted by Gasteiger charge is 2.15. The summed E-state index contributed by atoms with van der Waals surface area (Å²) in [4.78, 5) is 0. The monoisotopic (exact) mass is 378 g/mol. The van der Waals surface area contributed by atoms with Gasteiger partial charge in [0.1, 0.15) is 0 Å². The van der Waals surface area contributed by atoms with Crippen LogP contribution in [0, 0.1) is 3.57 Å². The minimum atomic E-state index is 0.181. The van der Waals surface area contributed by atoms with Crippen molar-refractivity contribution < 1.29 is 0 Å². The minimum Gasteiger partial charge on any atom is -0.271 e. The molecule has 2 aromatic carbocycles. The number of fused-ring (bicyclic) bond motifs is 1. The summed E-state index contributed by atoms with van der Waals surface area (Å²) in [7, 11) is 0. The summed E-state index contributed by atoms with van der Waals surface area (Å²) in [5, 5.41) is 0. The van der Waals surface area contributed by atoms with Crippen LogP contribution in [0.2, 0.25) is 0 Å². The Morgan fingerprint density at radius 1 is 1.05 bits per heavy atom. The minimum absolute atomic E-state index is 0.181. The molecule has 0 aromatic heterocycles. The molecule has 0 bridgehead atoms.